The molecule has 18 heavy (non-hydrogen) atoms. The van der Waals surface area contributed by atoms with E-state index < -0.39 is 0 Å². The number of carbonyl (C=O) groups excluding carboxylic acids is 1. The van der Waals surface area contributed by atoms with Crippen LogP contribution in [-0.4, -0.2) is 28.8 Å². The Kier molecular flexibility index (Phi) is 3.11. The van der Waals surface area contributed by atoms with Crippen LogP contribution >= 0.6 is 0 Å². The van der Waals surface area contributed by atoms with Gasteiger partial charge in [-0.3, -0.25) is 4.79 Å². The molecule has 1 fully saturated rings. The van der Waals surface area contributed by atoms with Crippen molar-refractivity contribution in [2.24, 2.45) is 0 Å². The van der Waals surface area contributed by atoms with E-state index in [-0.39, 0.29) is 0 Å². The van der Waals surface area contributed by atoms with Gasteiger partial charge in [-0.15, -0.1) is 0 Å². The van der Waals surface area contributed by atoms with Gasteiger partial charge < -0.3 is 10.3 Å². The van der Waals surface area contributed by atoms with Crippen molar-refractivity contribution in [2.45, 2.75) is 31.7 Å². The number of piperidine rings is 1. The first-order valence-corrected chi connectivity index (χ1v) is 6.52. The van der Waals surface area contributed by atoms with Crippen LogP contribution < -0.4 is 5.32 Å². The minimum Gasteiger partial charge on any atom is -0.342 e. The monoisotopic (exact) mass is 243 g/mol. The fraction of sp³-hybridized carbons (Fsp3) is 0.429. The fourth-order valence-electron chi connectivity index (χ4n) is 2.58. The molecule has 2 aromatic rings. The van der Waals surface area contributed by atoms with E-state index in [1.165, 1.54) is 19.3 Å². The number of aromatic amines is 1. The number of aldehydes is 1. The number of H-pyrrole nitrogens is 1. The topological polar surface area (TPSA) is 57.8 Å². The average Bonchev–Trinajstić information content (AvgIpc) is 2.80. The molecule has 0 aliphatic carbocycles. The summed E-state index contributed by atoms with van der Waals surface area (Å²) in [7, 11) is 0. The number of nitrogens with zero attached hydrogens (tertiary/aromatic N) is 1. The van der Waals surface area contributed by atoms with Crippen LogP contribution in [0, 0.1) is 0 Å². The van der Waals surface area contributed by atoms with Gasteiger partial charge >= 0.3 is 0 Å². The van der Waals surface area contributed by atoms with E-state index in [0.29, 0.717) is 11.6 Å². The van der Waals surface area contributed by atoms with Crippen LogP contribution in [0.15, 0.2) is 18.2 Å². The van der Waals surface area contributed by atoms with Gasteiger partial charge in [0.15, 0.2) is 0 Å². The van der Waals surface area contributed by atoms with Crippen LogP contribution in [0.2, 0.25) is 0 Å². The van der Waals surface area contributed by atoms with Crippen molar-refractivity contribution in [3.63, 3.8) is 0 Å². The first kappa shape index (κ1) is 11.4. The maximum Gasteiger partial charge on any atom is 0.150 e. The van der Waals surface area contributed by atoms with E-state index in [0.717, 1.165) is 36.1 Å². The SMILES string of the molecule is O=Cc1ccc2[nH]c(CC3CCCCN3)nc2c1. The summed E-state index contributed by atoms with van der Waals surface area (Å²) in [6, 6.07) is 6.10. The summed E-state index contributed by atoms with van der Waals surface area (Å²) in [4.78, 5) is 18.6. The average molecular weight is 243 g/mol. The molecule has 0 amide bonds. The molecule has 94 valence electrons. The van der Waals surface area contributed by atoms with Gasteiger partial charge in [-0.2, -0.15) is 0 Å². The van der Waals surface area contributed by atoms with E-state index >= 15 is 0 Å². The standard InChI is InChI=1S/C14H17N3O/c18-9-10-4-5-12-13(7-10)17-14(16-12)8-11-3-1-2-6-15-11/h4-5,7,9,11,15H,1-3,6,8H2,(H,16,17). The highest BCUT2D eigenvalue weighted by Crippen LogP contribution is 2.16. The number of hydrogen-bond donors (Lipinski definition) is 2. The smallest absolute Gasteiger partial charge is 0.150 e. The molecule has 1 aromatic carbocycles. The van der Waals surface area contributed by atoms with Gasteiger partial charge in [0.05, 0.1) is 11.0 Å². The molecular formula is C14H17N3O. The van der Waals surface area contributed by atoms with E-state index in [1.54, 1.807) is 0 Å². The number of aromatic nitrogens is 2. The Hall–Kier alpha value is -1.68. The van der Waals surface area contributed by atoms with Crippen LogP contribution in [0.1, 0.15) is 35.4 Å². The highest BCUT2D eigenvalue weighted by molar-refractivity contribution is 5.84. The largest absolute Gasteiger partial charge is 0.342 e. The van der Waals surface area contributed by atoms with Crippen molar-refractivity contribution in [2.75, 3.05) is 6.54 Å². The van der Waals surface area contributed by atoms with E-state index in [9.17, 15) is 4.79 Å². The van der Waals surface area contributed by atoms with Crippen molar-refractivity contribution in [1.82, 2.24) is 15.3 Å². The zero-order chi connectivity index (χ0) is 12.4. The van der Waals surface area contributed by atoms with E-state index in [2.05, 4.69) is 15.3 Å². The Morgan fingerprint density at radius 2 is 2.33 bits per heavy atom. The Balaban J connectivity index is 1.81. The van der Waals surface area contributed by atoms with Gasteiger partial charge in [0.25, 0.3) is 0 Å². The van der Waals surface area contributed by atoms with Gasteiger partial charge in [-0.25, -0.2) is 4.98 Å². The molecule has 1 saturated heterocycles. The molecule has 0 saturated carbocycles. The first-order valence-electron chi connectivity index (χ1n) is 6.52. The molecule has 0 radical (unpaired) electrons. The van der Waals surface area contributed by atoms with Crippen molar-refractivity contribution in [3.05, 3.63) is 29.6 Å². The highest BCUT2D eigenvalue weighted by atomic mass is 16.1. The van der Waals surface area contributed by atoms with Gasteiger partial charge in [-0.05, 0) is 37.6 Å². The minimum absolute atomic E-state index is 0.532. The normalized spacial score (nSPS) is 20.1. The molecule has 4 nitrogen and oxygen atoms in total. The Morgan fingerprint density at radius 3 is 3.11 bits per heavy atom. The predicted octanol–water partition coefficient (Wildman–Crippen LogP) is 2.06. The molecule has 0 bridgehead atoms. The molecule has 1 atom stereocenters. The molecule has 1 aliphatic heterocycles. The van der Waals surface area contributed by atoms with Crippen LogP contribution in [-0.2, 0) is 6.42 Å². The second-order valence-corrected chi connectivity index (χ2v) is 4.93. The summed E-state index contributed by atoms with van der Waals surface area (Å²) in [5, 5.41) is 3.52. The summed E-state index contributed by atoms with van der Waals surface area (Å²) in [6.07, 6.45) is 5.59. The minimum atomic E-state index is 0.532. The molecule has 2 heterocycles. The van der Waals surface area contributed by atoms with Crippen LogP contribution in [0.4, 0.5) is 0 Å². The molecule has 3 rings (SSSR count). The van der Waals surface area contributed by atoms with Crippen molar-refractivity contribution in [3.8, 4) is 0 Å². The van der Waals surface area contributed by atoms with Gasteiger partial charge in [-0.1, -0.05) is 6.42 Å². The quantitative estimate of drug-likeness (QED) is 0.811. The van der Waals surface area contributed by atoms with Crippen LogP contribution in [0.5, 0.6) is 0 Å². The Labute approximate surface area is 106 Å². The van der Waals surface area contributed by atoms with Crippen molar-refractivity contribution in [1.29, 1.82) is 0 Å². The molecule has 1 aliphatic rings. The van der Waals surface area contributed by atoms with Crippen LogP contribution in [0.25, 0.3) is 11.0 Å². The summed E-state index contributed by atoms with van der Waals surface area (Å²) in [6.45, 7) is 1.11. The zero-order valence-corrected chi connectivity index (χ0v) is 10.3. The van der Waals surface area contributed by atoms with Crippen molar-refractivity contribution >= 4 is 17.3 Å². The lowest BCUT2D eigenvalue weighted by Crippen LogP contribution is -2.35. The van der Waals surface area contributed by atoms with Crippen LogP contribution in [0.3, 0.4) is 0 Å². The Morgan fingerprint density at radius 1 is 1.39 bits per heavy atom. The number of benzene rings is 1. The Bertz CT molecular complexity index is 555. The summed E-state index contributed by atoms with van der Waals surface area (Å²) in [5.41, 5.74) is 2.56. The number of nitrogens with one attached hydrogen (secondary N) is 2. The number of carbonyl (C=O) groups is 1. The van der Waals surface area contributed by atoms with E-state index in [1.807, 2.05) is 18.2 Å². The molecule has 1 aromatic heterocycles. The lowest BCUT2D eigenvalue weighted by Gasteiger charge is -2.22. The number of rotatable bonds is 3. The second-order valence-electron chi connectivity index (χ2n) is 4.93. The molecule has 0 spiro atoms. The lowest BCUT2D eigenvalue weighted by molar-refractivity contribution is 0.112. The fourth-order valence-corrected chi connectivity index (χ4v) is 2.58. The number of hydrogen-bond acceptors (Lipinski definition) is 3. The molecule has 1 unspecified atom stereocenters. The van der Waals surface area contributed by atoms with Crippen molar-refractivity contribution < 1.29 is 4.79 Å². The zero-order valence-electron chi connectivity index (χ0n) is 10.3. The lowest BCUT2D eigenvalue weighted by atomic mass is 10.0. The number of fused-ring (bicyclic) bond motifs is 1. The molecular weight excluding hydrogens is 226 g/mol. The maximum atomic E-state index is 10.7. The first-order chi connectivity index (χ1) is 8.85. The van der Waals surface area contributed by atoms with Gasteiger partial charge in [0.2, 0.25) is 0 Å². The summed E-state index contributed by atoms with van der Waals surface area (Å²) < 4.78 is 0. The van der Waals surface area contributed by atoms with E-state index in [4.69, 9.17) is 0 Å². The summed E-state index contributed by atoms with van der Waals surface area (Å²) in [5.74, 6) is 1.01. The number of imidazole rings is 1. The summed E-state index contributed by atoms with van der Waals surface area (Å²) >= 11 is 0. The highest BCUT2D eigenvalue weighted by Gasteiger charge is 2.15. The third-order valence-corrected chi connectivity index (χ3v) is 3.54. The second kappa shape index (κ2) is 4.90. The maximum absolute atomic E-state index is 10.7. The predicted molar refractivity (Wildman–Crippen MR) is 70.8 cm³/mol. The molecule has 4 heteroatoms. The third-order valence-electron chi connectivity index (χ3n) is 3.54. The molecule has 2 N–H and O–H groups in total. The van der Waals surface area contributed by atoms with Gasteiger partial charge in [0.1, 0.15) is 12.1 Å². The third kappa shape index (κ3) is 2.29. The van der Waals surface area contributed by atoms with Gasteiger partial charge in [0, 0.05) is 18.0 Å².